The zero-order valence-electron chi connectivity index (χ0n) is 17.7. The molecule has 3 rings (SSSR count). The summed E-state index contributed by atoms with van der Waals surface area (Å²) in [5.74, 6) is -0.585. The van der Waals surface area contributed by atoms with Gasteiger partial charge in [0.1, 0.15) is 6.54 Å². The Kier molecular flexibility index (Phi) is 7.31. The third kappa shape index (κ3) is 5.17. The van der Waals surface area contributed by atoms with E-state index in [1.807, 2.05) is 0 Å². The zero-order valence-corrected chi connectivity index (χ0v) is 19.4. The van der Waals surface area contributed by atoms with Crippen molar-refractivity contribution in [2.75, 3.05) is 27.1 Å². The van der Waals surface area contributed by atoms with Gasteiger partial charge in [0.25, 0.3) is 0 Å². The van der Waals surface area contributed by atoms with Gasteiger partial charge in [0.05, 0.1) is 42.2 Å². The second-order valence-electron chi connectivity index (χ2n) is 6.61. The SMILES string of the molecule is COC(=O)Cn1c(=NC(=O)CCS(=O)(=O)c2ccccc2)sc2cc(OC)c(OC)cc21. The van der Waals surface area contributed by atoms with Crippen molar-refractivity contribution < 1.29 is 32.2 Å². The maximum Gasteiger partial charge on any atom is 0.325 e. The zero-order chi connectivity index (χ0) is 23.3. The van der Waals surface area contributed by atoms with Crippen LogP contribution in [0.3, 0.4) is 0 Å². The summed E-state index contributed by atoms with van der Waals surface area (Å²) in [6.07, 6.45) is -0.295. The van der Waals surface area contributed by atoms with Crippen LogP contribution in [-0.4, -0.2) is 51.9 Å². The van der Waals surface area contributed by atoms with E-state index in [9.17, 15) is 18.0 Å². The molecule has 0 aliphatic rings. The Morgan fingerprint density at radius 2 is 1.69 bits per heavy atom. The Balaban J connectivity index is 1.97. The molecule has 9 nitrogen and oxygen atoms in total. The fourth-order valence-corrected chi connectivity index (χ4v) is 5.27. The van der Waals surface area contributed by atoms with E-state index in [2.05, 4.69) is 4.99 Å². The fraction of sp³-hybridized carbons (Fsp3) is 0.286. The van der Waals surface area contributed by atoms with Gasteiger partial charge in [-0.3, -0.25) is 9.59 Å². The van der Waals surface area contributed by atoms with Gasteiger partial charge in [-0.1, -0.05) is 29.5 Å². The number of carbonyl (C=O) groups excluding carboxylic acids is 2. The quantitative estimate of drug-likeness (QED) is 0.456. The number of rotatable bonds is 8. The van der Waals surface area contributed by atoms with Crippen LogP contribution in [0.5, 0.6) is 11.5 Å². The summed E-state index contributed by atoms with van der Waals surface area (Å²) in [5, 5.41) is 0. The molecule has 0 fully saturated rings. The van der Waals surface area contributed by atoms with Crippen LogP contribution in [0.2, 0.25) is 0 Å². The van der Waals surface area contributed by atoms with Gasteiger partial charge in [-0.15, -0.1) is 0 Å². The topological polar surface area (TPSA) is 113 Å². The van der Waals surface area contributed by atoms with Crippen LogP contribution in [-0.2, 0) is 30.7 Å². The van der Waals surface area contributed by atoms with Gasteiger partial charge < -0.3 is 18.8 Å². The summed E-state index contributed by atoms with van der Waals surface area (Å²) >= 11 is 1.17. The highest BCUT2D eigenvalue weighted by Crippen LogP contribution is 2.33. The largest absolute Gasteiger partial charge is 0.493 e. The first-order valence-electron chi connectivity index (χ1n) is 9.46. The van der Waals surface area contributed by atoms with Gasteiger partial charge in [-0.05, 0) is 12.1 Å². The number of ether oxygens (including phenoxy) is 3. The highest BCUT2D eigenvalue weighted by Gasteiger charge is 2.18. The van der Waals surface area contributed by atoms with Crippen LogP contribution in [0.4, 0.5) is 0 Å². The summed E-state index contributed by atoms with van der Waals surface area (Å²) in [6, 6.07) is 11.3. The van der Waals surface area contributed by atoms with E-state index < -0.39 is 21.7 Å². The molecule has 0 bridgehead atoms. The minimum atomic E-state index is -3.61. The molecule has 3 aromatic rings. The summed E-state index contributed by atoms with van der Waals surface area (Å²) in [5.41, 5.74) is 0.599. The van der Waals surface area contributed by atoms with Crippen molar-refractivity contribution in [3.63, 3.8) is 0 Å². The van der Waals surface area contributed by atoms with Gasteiger partial charge in [-0.2, -0.15) is 4.99 Å². The minimum Gasteiger partial charge on any atom is -0.493 e. The molecule has 0 spiro atoms. The number of sulfone groups is 1. The summed E-state index contributed by atoms with van der Waals surface area (Å²) in [6.45, 7) is -0.180. The van der Waals surface area contributed by atoms with Gasteiger partial charge in [0, 0.05) is 18.6 Å². The van der Waals surface area contributed by atoms with E-state index in [4.69, 9.17) is 14.2 Å². The Bertz CT molecular complexity index is 1310. The predicted octanol–water partition coefficient (Wildman–Crippen LogP) is 2.18. The lowest BCUT2D eigenvalue weighted by Gasteiger charge is -2.09. The second-order valence-corrected chi connectivity index (χ2v) is 9.73. The molecule has 0 saturated heterocycles. The van der Waals surface area contributed by atoms with Crippen LogP contribution in [0, 0.1) is 0 Å². The predicted molar refractivity (Wildman–Crippen MR) is 119 cm³/mol. The number of benzene rings is 2. The van der Waals surface area contributed by atoms with Crippen molar-refractivity contribution >= 4 is 43.3 Å². The van der Waals surface area contributed by atoms with E-state index in [-0.39, 0.29) is 28.4 Å². The summed E-state index contributed by atoms with van der Waals surface area (Å²) < 4.78 is 42.5. The molecule has 0 aliphatic heterocycles. The summed E-state index contributed by atoms with van der Waals surface area (Å²) in [7, 11) is 0.637. The lowest BCUT2D eigenvalue weighted by molar-refractivity contribution is -0.141. The maximum absolute atomic E-state index is 12.5. The molecule has 0 unspecified atom stereocenters. The number of methoxy groups -OCH3 is 3. The van der Waals surface area contributed by atoms with Crippen molar-refractivity contribution in [1.82, 2.24) is 4.57 Å². The van der Waals surface area contributed by atoms with Crippen molar-refractivity contribution in [2.24, 2.45) is 4.99 Å². The number of amides is 1. The van der Waals surface area contributed by atoms with Crippen molar-refractivity contribution in [3.8, 4) is 11.5 Å². The molecule has 170 valence electrons. The maximum atomic E-state index is 12.5. The smallest absolute Gasteiger partial charge is 0.325 e. The number of hydrogen-bond donors (Lipinski definition) is 0. The molecule has 1 amide bonds. The molecular weight excluding hydrogens is 456 g/mol. The molecule has 1 aromatic heterocycles. The van der Waals surface area contributed by atoms with Gasteiger partial charge in [0.15, 0.2) is 26.1 Å². The molecule has 0 radical (unpaired) electrons. The van der Waals surface area contributed by atoms with Crippen molar-refractivity contribution in [1.29, 1.82) is 0 Å². The number of esters is 1. The Morgan fingerprint density at radius 1 is 1.03 bits per heavy atom. The molecule has 32 heavy (non-hydrogen) atoms. The van der Waals surface area contributed by atoms with E-state index in [0.717, 1.165) is 0 Å². The second kappa shape index (κ2) is 9.96. The third-order valence-corrected chi connectivity index (χ3v) is 7.38. The minimum absolute atomic E-state index is 0.148. The lowest BCUT2D eigenvalue weighted by atomic mass is 10.3. The Hall–Kier alpha value is -3.18. The van der Waals surface area contributed by atoms with E-state index in [1.54, 1.807) is 30.3 Å². The van der Waals surface area contributed by atoms with Gasteiger partial charge in [-0.25, -0.2) is 8.42 Å². The van der Waals surface area contributed by atoms with Crippen LogP contribution in [0.15, 0.2) is 52.4 Å². The molecule has 2 aromatic carbocycles. The van der Waals surface area contributed by atoms with Crippen molar-refractivity contribution in [2.45, 2.75) is 17.9 Å². The Labute approximate surface area is 188 Å². The molecule has 0 atom stereocenters. The third-order valence-electron chi connectivity index (χ3n) is 4.61. The number of aromatic nitrogens is 1. The number of thiazole rings is 1. The first-order valence-corrected chi connectivity index (χ1v) is 11.9. The Morgan fingerprint density at radius 3 is 2.31 bits per heavy atom. The lowest BCUT2D eigenvalue weighted by Crippen LogP contribution is -2.23. The first-order chi connectivity index (χ1) is 15.3. The van der Waals surface area contributed by atoms with Crippen LogP contribution in [0.1, 0.15) is 6.42 Å². The fourth-order valence-electron chi connectivity index (χ4n) is 2.96. The average molecular weight is 479 g/mol. The van der Waals surface area contributed by atoms with Crippen LogP contribution < -0.4 is 14.3 Å². The van der Waals surface area contributed by atoms with Crippen molar-refractivity contribution in [3.05, 3.63) is 47.3 Å². The average Bonchev–Trinajstić information content (AvgIpc) is 3.12. The molecule has 0 aliphatic carbocycles. The van der Waals surface area contributed by atoms with E-state index >= 15 is 0 Å². The highest BCUT2D eigenvalue weighted by atomic mass is 32.2. The molecule has 11 heteroatoms. The monoisotopic (exact) mass is 478 g/mol. The molecule has 0 saturated carbocycles. The number of hydrogen-bond acceptors (Lipinski definition) is 8. The molecular formula is C21H22N2O7S2. The number of carbonyl (C=O) groups is 2. The number of fused-ring (bicyclic) bond motifs is 1. The standard InChI is InChI=1S/C21H22N2O7S2/c1-28-16-11-15-18(12-17(16)29-2)31-21(23(15)13-20(25)30-3)22-19(24)9-10-32(26,27)14-7-5-4-6-8-14/h4-8,11-12H,9-10,13H2,1-3H3. The highest BCUT2D eigenvalue weighted by molar-refractivity contribution is 7.91. The van der Waals surface area contributed by atoms with Crippen LogP contribution in [0.25, 0.3) is 10.2 Å². The van der Waals surface area contributed by atoms with Gasteiger partial charge >= 0.3 is 5.97 Å². The van der Waals surface area contributed by atoms with Gasteiger partial charge in [0.2, 0.25) is 5.91 Å². The normalized spacial score (nSPS) is 12.0. The van der Waals surface area contributed by atoms with E-state index in [1.165, 1.54) is 49.4 Å². The van der Waals surface area contributed by atoms with Crippen LogP contribution >= 0.6 is 11.3 Å². The number of nitrogens with zero attached hydrogens (tertiary/aromatic N) is 2. The molecule has 0 N–H and O–H groups in total. The first kappa shape index (κ1) is 23.5. The molecule has 1 heterocycles. The van der Waals surface area contributed by atoms with E-state index in [0.29, 0.717) is 21.7 Å². The summed E-state index contributed by atoms with van der Waals surface area (Å²) in [4.78, 5) is 28.9.